The van der Waals surface area contributed by atoms with Gasteiger partial charge in [-0.25, -0.2) is 0 Å². The molecule has 1 N–H and O–H groups in total. The first-order valence-corrected chi connectivity index (χ1v) is 9.75. The van der Waals surface area contributed by atoms with Gasteiger partial charge < -0.3 is 5.32 Å². The number of hydrogen-bond donors (Lipinski definition) is 1. The fraction of sp³-hybridized carbons (Fsp3) is 0.368. The third-order valence-electron chi connectivity index (χ3n) is 4.21. The van der Waals surface area contributed by atoms with Crippen LogP contribution in [-0.4, -0.2) is 12.1 Å². The molecule has 3 rings (SSSR count). The minimum Gasteiger partial charge on any atom is -0.326 e. The number of carbonyl (C=O) groups is 1. The van der Waals surface area contributed by atoms with Gasteiger partial charge in [0.15, 0.2) is 0 Å². The van der Waals surface area contributed by atoms with E-state index in [1.54, 1.807) is 0 Å². The van der Waals surface area contributed by atoms with Crippen molar-refractivity contribution in [2.24, 2.45) is 15.5 Å². The largest absolute Gasteiger partial charge is 0.326 e. The first kappa shape index (κ1) is 16.8. The first-order chi connectivity index (χ1) is 11.8. The molecule has 0 saturated heterocycles. The predicted octanol–water partition coefficient (Wildman–Crippen LogP) is 4.79. The van der Waals surface area contributed by atoms with Gasteiger partial charge >= 0.3 is 0 Å². The quantitative estimate of drug-likeness (QED) is 0.607. The molecule has 24 heavy (non-hydrogen) atoms. The second-order valence-corrected chi connectivity index (χ2v) is 7.70. The van der Waals surface area contributed by atoms with Crippen LogP contribution in [0.2, 0.25) is 0 Å². The SMILES string of the molecule is O=C(CC1=CC=CS1=NN=CC1CCCCC1)Nc1ccccc1. The molecule has 0 bridgehead atoms. The van der Waals surface area contributed by atoms with Crippen molar-refractivity contribution in [3.63, 3.8) is 0 Å². The number of carbonyl (C=O) groups excluding carboxylic acids is 1. The number of para-hydroxylation sites is 1. The molecule has 1 aliphatic carbocycles. The summed E-state index contributed by atoms with van der Waals surface area (Å²) in [5.74, 6) is 0.562. The zero-order valence-corrected chi connectivity index (χ0v) is 14.5. The molecule has 0 spiro atoms. The molecule has 1 aromatic carbocycles. The Morgan fingerprint density at radius 3 is 2.79 bits per heavy atom. The minimum absolute atomic E-state index is 0.0138. The van der Waals surface area contributed by atoms with E-state index in [0.717, 1.165) is 10.6 Å². The lowest BCUT2D eigenvalue weighted by molar-refractivity contribution is -0.115. The summed E-state index contributed by atoms with van der Waals surface area (Å²) in [6.07, 6.45) is 12.7. The molecular formula is C19H23N3OS. The van der Waals surface area contributed by atoms with Crippen LogP contribution in [0, 0.1) is 5.92 Å². The third kappa shape index (κ3) is 4.99. The molecular weight excluding hydrogens is 318 g/mol. The van der Waals surface area contributed by atoms with Crippen molar-refractivity contribution >= 4 is 28.5 Å². The highest BCUT2D eigenvalue weighted by Gasteiger charge is 2.13. The molecule has 126 valence electrons. The lowest BCUT2D eigenvalue weighted by Crippen LogP contribution is -2.12. The second-order valence-electron chi connectivity index (χ2n) is 6.11. The van der Waals surface area contributed by atoms with Gasteiger partial charge in [-0.15, -0.1) is 4.47 Å². The Morgan fingerprint density at radius 2 is 2.00 bits per heavy atom. The molecule has 4 nitrogen and oxygen atoms in total. The number of amides is 1. The molecule has 1 heterocycles. The highest BCUT2D eigenvalue weighted by atomic mass is 32.2. The Hall–Kier alpha value is -2.01. The molecule has 0 radical (unpaired) electrons. The number of rotatable bonds is 5. The number of allylic oxidation sites excluding steroid dienone is 2. The molecule has 1 amide bonds. The maximum atomic E-state index is 12.2. The fourth-order valence-corrected chi connectivity index (χ4v) is 4.15. The van der Waals surface area contributed by atoms with Crippen LogP contribution < -0.4 is 5.32 Å². The van der Waals surface area contributed by atoms with Gasteiger partial charge in [0.25, 0.3) is 0 Å². The topological polar surface area (TPSA) is 53.8 Å². The van der Waals surface area contributed by atoms with Gasteiger partial charge in [0.1, 0.15) is 0 Å². The fourth-order valence-electron chi connectivity index (χ4n) is 2.93. The van der Waals surface area contributed by atoms with Crippen molar-refractivity contribution < 1.29 is 4.79 Å². The van der Waals surface area contributed by atoms with Crippen molar-refractivity contribution in [1.82, 2.24) is 0 Å². The summed E-state index contributed by atoms with van der Waals surface area (Å²) in [5, 5.41) is 9.24. The van der Waals surface area contributed by atoms with Crippen molar-refractivity contribution in [2.45, 2.75) is 38.5 Å². The Kier molecular flexibility index (Phi) is 6.13. The average molecular weight is 341 g/mol. The molecule has 2 aliphatic rings. The second kappa shape index (κ2) is 8.73. The molecule has 1 atom stereocenters. The minimum atomic E-state index is -0.401. The maximum Gasteiger partial charge on any atom is 0.229 e. The van der Waals surface area contributed by atoms with E-state index in [4.69, 9.17) is 0 Å². The summed E-state index contributed by atoms with van der Waals surface area (Å²) in [6.45, 7) is 0. The molecule has 1 fully saturated rings. The Morgan fingerprint density at radius 1 is 1.21 bits per heavy atom. The van der Waals surface area contributed by atoms with E-state index in [1.807, 2.05) is 54.1 Å². The maximum absolute atomic E-state index is 12.2. The summed E-state index contributed by atoms with van der Waals surface area (Å²) in [4.78, 5) is 13.2. The highest BCUT2D eigenvalue weighted by molar-refractivity contribution is 7.94. The summed E-state index contributed by atoms with van der Waals surface area (Å²) < 4.78 is 4.42. The van der Waals surface area contributed by atoms with Crippen LogP contribution in [-0.2, 0) is 15.5 Å². The van der Waals surface area contributed by atoms with E-state index in [0.29, 0.717) is 12.3 Å². The number of nitrogens with zero attached hydrogens (tertiary/aromatic N) is 2. The van der Waals surface area contributed by atoms with Crippen molar-refractivity contribution in [2.75, 3.05) is 5.32 Å². The number of anilines is 1. The van der Waals surface area contributed by atoms with Crippen molar-refractivity contribution in [3.8, 4) is 0 Å². The molecule has 1 unspecified atom stereocenters. The van der Waals surface area contributed by atoms with Crippen LogP contribution >= 0.6 is 0 Å². The van der Waals surface area contributed by atoms with E-state index in [1.165, 1.54) is 32.1 Å². The van der Waals surface area contributed by atoms with Crippen molar-refractivity contribution in [1.29, 1.82) is 0 Å². The van der Waals surface area contributed by atoms with E-state index >= 15 is 0 Å². The lowest BCUT2D eigenvalue weighted by atomic mass is 9.90. The van der Waals surface area contributed by atoms with E-state index < -0.39 is 10.7 Å². The molecule has 1 saturated carbocycles. The van der Waals surface area contributed by atoms with Crippen LogP contribution in [0.4, 0.5) is 5.69 Å². The van der Waals surface area contributed by atoms with Crippen LogP contribution in [0.3, 0.4) is 0 Å². The Balaban J connectivity index is 1.54. The van der Waals surface area contributed by atoms with Crippen LogP contribution in [0.15, 0.2) is 62.4 Å². The van der Waals surface area contributed by atoms with Gasteiger partial charge in [-0.1, -0.05) is 49.6 Å². The van der Waals surface area contributed by atoms with Gasteiger partial charge in [-0.2, -0.15) is 5.10 Å². The average Bonchev–Trinajstić information content (AvgIpc) is 3.04. The van der Waals surface area contributed by atoms with E-state index in [-0.39, 0.29) is 5.91 Å². The van der Waals surface area contributed by atoms with Gasteiger partial charge in [-0.05, 0) is 47.0 Å². The number of hydrogen-bond acceptors (Lipinski definition) is 2. The monoisotopic (exact) mass is 341 g/mol. The van der Waals surface area contributed by atoms with Crippen LogP contribution in [0.25, 0.3) is 0 Å². The van der Waals surface area contributed by atoms with Gasteiger partial charge in [-0.3, -0.25) is 4.79 Å². The zero-order chi connectivity index (χ0) is 16.6. The third-order valence-corrected chi connectivity index (χ3v) is 5.72. The Bertz CT molecular complexity index is 686. The van der Waals surface area contributed by atoms with Crippen molar-refractivity contribution in [3.05, 3.63) is 52.8 Å². The number of benzene rings is 1. The normalized spacial score (nSPS) is 21.3. The molecule has 1 aliphatic heterocycles. The van der Waals surface area contributed by atoms with Gasteiger partial charge in [0, 0.05) is 16.8 Å². The highest BCUT2D eigenvalue weighted by Crippen LogP contribution is 2.23. The lowest BCUT2D eigenvalue weighted by Gasteiger charge is -2.16. The van der Waals surface area contributed by atoms with Crippen LogP contribution in [0.1, 0.15) is 38.5 Å². The molecule has 1 aromatic rings. The standard InChI is InChI=1S/C19H23N3OS/c23-19(21-17-10-5-2-6-11-17)14-18-12-7-13-24(18)22-20-15-16-8-3-1-4-9-16/h2,5-7,10-13,15-16H,1,3-4,8-9,14H2,(H,21,23). The summed E-state index contributed by atoms with van der Waals surface area (Å²) >= 11 is 0. The first-order valence-electron chi connectivity index (χ1n) is 8.51. The van der Waals surface area contributed by atoms with Crippen LogP contribution in [0.5, 0.6) is 0 Å². The Labute approximate surface area is 145 Å². The zero-order valence-electron chi connectivity index (χ0n) is 13.7. The summed E-state index contributed by atoms with van der Waals surface area (Å²) in [6, 6.07) is 9.52. The van der Waals surface area contributed by atoms with Gasteiger partial charge in [0.2, 0.25) is 5.91 Å². The summed E-state index contributed by atoms with van der Waals surface area (Å²) in [7, 11) is -0.401. The van der Waals surface area contributed by atoms with E-state index in [9.17, 15) is 4.79 Å². The molecule has 0 aromatic heterocycles. The predicted molar refractivity (Wildman–Crippen MR) is 102 cm³/mol. The molecule has 5 heteroatoms. The van der Waals surface area contributed by atoms with Gasteiger partial charge in [0.05, 0.1) is 6.42 Å². The van der Waals surface area contributed by atoms with E-state index in [2.05, 4.69) is 14.9 Å². The summed E-state index contributed by atoms with van der Waals surface area (Å²) in [5.41, 5.74) is 0.821. The smallest absolute Gasteiger partial charge is 0.229 e. The number of nitrogens with one attached hydrogen (secondary N) is 1.